The maximum atomic E-state index is 12.2. The first kappa shape index (κ1) is 13.9. The Hall–Kier alpha value is -3.02. The fraction of sp³-hybridized carbons (Fsp3) is 0.125. The van der Waals surface area contributed by atoms with Gasteiger partial charge in [0, 0.05) is 18.3 Å². The molecular formula is C16H13N3O3. The number of imide groups is 1. The molecule has 0 saturated carbocycles. The standard InChI is InChI=1S/C16H13N3O3/c1-9-4-3-5-13(17-9)18-14(20)10-6-7-11-12(8-10)16(22)19(2)15(11)21/h3-8H,1-2H3,(H,17,18,20). The largest absolute Gasteiger partial charge is 0.307 e. The smallest absolute Gasteiger partial charge is 0.261 e. The van der Waals surface area contributed by atoms with Crippen molar-refractivity contribution in [1.29, 1.82) is 0 Å². The minimum atomic E-state index is -0.400. The van der Waals surface area contributed by atoms with Gasteiger partial charge in [-0.1, -0.05) is 6.07 Å². The predicted molar refractivity (Wildman–Crippen MR) is 79.8 cm³/mol. The number of nitrogens with zero attached hydrogens (tertiary/aromatic N) is 2. The highest BCUT2D eigenvalue weighted by Gasteiger charge is 2.33. The summed E-state index contributed by atoms with van der Waals surface area (Å²) in [5, 5.41) is 2.67. The van der Waals surface area contributed by atoms with Crippen LogP contribution in [-0.2, 0) is 0 Å². The molecule has 1 N–H and O–H groups in total. The molecule has 0 fully saturated rings. The van der Waals surface area contributed by atoms with Gasteiger partial charge in [-0.2, -0.15) is 0 Å². The number of benzene rings is 1. The van der Waals surface area contributed by atoms with Gasteiger partial charge in [0.15, 0.2) is 0 Å². The van der Waals surface area contributed by atoms with Gasteiger partial charge in [0.25, 0.3) is 17.7 Å². The zero-order chi connectivity index (χ0) is 15.9. The van der Waals surface area contributed by atoms with E-state index in [1.54, 1.807) is 12.1 Å². The molecule has 110 valence electrons. The molecule has 1 aliphatic rings. The van der Waals surface area contributed by atoms with E-state index >= 15 is 0 Å². The first-order chi connectivity index (χ1) is 10.5. The van der Waals surface area contributed by atoms with Gasteiger partial charge in [-0.15, -0.1) is 0 Å². The van der Waals surface area contributed by atoms with E-state index in [1.165, 1.54) is 25.2 Å². The fourth-order valence-corrected chi connectivity index (χ4v) is 2.30. The van der Waals surface area contributed by atoms with Crippen LogP contribution in [0.2, 0.25) is 0 Å². The predicted octanol–water partition coefficient (Wildman–Crippen LogP) is 1.87. The summed E-state index contributed by atoms with van der Waals surface area (Å²) in [4.78, 5) is 41.2. The van der Waals surface area contributed by atoms with Gasteiger partial charge in [0.1, 0.15) is 5.82 Å². The second-order valence-electron chi connectivity index (χ2n) is 5.05. The SMILES string of the molecule is Cc1cccc(NC(=O)c2ccc3c(c2)C(=O)N(C)C3=O)n1. The molecule has 1 aromatic carbocycles. The maximum absolute atomic E-state index is 12.2. The Bertz CT molecular complexity index is 814. The highest BCUT2D eigenvalue weighted by Crippen LogP contribution is 2.23. The van der Waals surface area contributed by atoms with E-state index in [-0.39, 0.29) is 17.4 Å². The quantitative estimate of drug-likeness (QED) is 0.858. The first-order valence-corrected chi connectivity index (χ1v) is 6.69. The number of amides is 3. The van der Waals surface area contributed by atoms with Gasteiger partial charge in [-0.25, -0.2) is 4.98 Å². The van der Waals surface area contributed by atoms with Crippen LogP contribution < -0.4 is 5.32 Å². The van der Waals surface area contributed by atoms with Crippen LogP contribution >= 0.6 is 0 Å². The lowest BCUT2D eigenvalue weighted by Crippen LogP contribution is -2.24. The molecular weight excluding hydrogens is 282 g/mol. The molecule has 1 aliphatic heterocycles. The van der Waals surface area contributed by atoms with Crippen molar-refractivity contribution in [1.82, 2.24) is 9.88 Å². The maximum Gasteiger partial charge on any atom is 0.261 e. The summed E-state index contributed by atoms with van der Waals surface area (Å²) in [6.07, 6.45) is 0. The van der Waals surface area contributed by atoms with Crippen LogP contribution in [0.5, 0.6) is 0 Å². The van der Waals surface area contributed by atoms with Crippen LogP contribution in [0.15, 0.2) is 36.4 Å². The average molecular weight is 295 g/mol. The van der Waals surface area contributed by atoms with Gasteiger partial charge < -0.3 is 5.32 Å². The number of carbonyl (C=O) groups is 3. The second-order valence-corrected chi connectivity index (χ2v) is 5.05. The Morgan fingerprint density at radius 2 is 1.82 bits per heavy atom. The van der Waals surface area contributed by atoms with Gasteiger partial charge >= 0.3 is 0 Å². The Kier molecular flexibility index (Phi) is 3.21. The van der Waals surface area contributed by atoms with Crippen LogP contribution in [0.25, 0.3) is 0 Å². The van der Waals surface area contributed by atoms with E-state index in [0.29, 0.717) is 16.9 Å². The third-order valence-electron chi connectivity index (χ3n) is 3.48. The number of nitrogens with one attached hydrogen (secondary N) is 1. The molecule has 6 heteroatoms. The molecule has 3 amide bonds. The third-order valence-corrected chi connectivity index (χ3v) is 3.48. The molecule has 22 heavy (non-hydrogen) atoms. The van der Waals surface area contributed by atoms with Crippen molar-refractivity contribution in [3.63, 3.8) is 0 Å². The minimum Gasteiger partial charge on any atom is -0.307 e. The summed E-state index contributed by atoms with van der Waals surface area (Å²) in [6.45, 7) is 1.82. The number of carbonyl (C=O) groups excluding carboxylic acids is 3. The van der Waals surface area contributed by atoms with Crippen LogP contribution in [0.4, 0.5) is 5.82 Å². The number of pyridine rings is 1. The van der Waals surface area contributed by atoms with Crippen molar-refractivity contribution in [2.45, 2.75) is 6.92 Å². The number of hydrogen-bond acceptors (Lipinski definition) is 4. The summed E-state index contributed by atoms with van der Waals surface area (Å²) >= 11 is 0. The Balaban J connectivity index is 1.89. The number of hydrogen-bond donors (Lipinski definition) is 1. The van der Waals surface area contributed by atoms with Gasteiger partial charge in [-0.05, 0) is 37.3 Å². The van der Waals surface area contributed by atoms with Crippen molar-refractivity contribution >= 4 is 23.5 Å². The molecule has 0 unspecified atom stereocenters. The lowest BCUT2D eigenvalue weighted by Gasteiger charge is -2.06. The summed E-state index contributed by atoms with van der Waals surface area (Å²) in [5.74, 6) is -0.698. The van der Waals surface area contributed by atoms with Crippen LogP contribution in [0, 0.1) is 6.92 Å². The molecule has 0 radical (unpaired) electrons. The zero-order valence-electron chi connectivity index (χ0n) is 12.1. The Morgan fingerprint density at radius 3 is 2.55 bits per heavy atom. The van der Waals surface area contributed by atoms with E-state index in [9.17, 15) is 14.4 Å². The lowest BCUT2D eigenvalue weighted by atomic mass is 10.1. The Labute approximate surface area is 126 Å². The second kappa shape index (κ2) is 5.07. The van der Waals surface area contributed by atoms with E-state index in [4.69, 9.17) is 0 Å². The summed E-state index contributed by atoms with van der Waals surface area (Å²) < 4.78 is 0. The number of fused-ring (bicyclic) bond motifs is 1. The number of aromatic nitrogens is 1. The van der Waals surface area contributed by atoms with Gasteiger partial charge in [-0.3, -0.25) is 19.3 Å². The zero-order valence-corrected chi connectivity index (χ0v) is 12.1. The molecule has 1 aromatic heterocycles. The highest BCUT2D eigenvalue weighted by molar-refractivity contribution is 6.22. The fourth-order valence-electron chi connectivity index (χ4n) is 2.30. The van der Waals surface area contributed by atoms with Crippen molar-refractivity contribution in [3.05, 3.63) is 58.8 Å². The minimum absolute atomic E-state index is 0.248. The van der Waals surface area contributed by atoms with Gasteiger partial charge in [0.05, 0.1) is 11.1 Å². The molecule has 0 saturated heterocycles. The monoisotopic (exact) mass is 295 g/mol. The van der Waals surface area contributed by atoms with Crippen LogP contribution in [0.3, 0.4) is 0 Å². The highest BCUT2D eigenvalue weighted by atomic mass is 16.2. The third kappa shape index (κ3) is 2.24. The van der Waals surface area contributed by atoms with E-state index in [2.05, 4.69) is 10.3 Å². The van der Waals surface area contributed by atoms with Crippen LogP contribution in [0.1, 0.15) is 36.8 Å². The molecule has 2 heterocycles. The molecule has 3 rings (SSSR count). The Morgan fingerprint density at radius 1 is 1.09 bits per heavy atom. The van der Waals surface area contributed by atoms with Crippen molar-refractivity contribution in [2.24, 2.45) is 0 Å². The van der Waals surface area contributed by atoms with Gasteiger partial charge in [0.2, 0.25) is 0 Å². The van der Waals surface area contributed by atoms with E-state index < -0.39 is 5.91 Å². The number of rotatable bonds is 2. The summed E-state index contributed by atoms with van der Waals surface area (Å²) in [7, 11) is 1.42. The normalized spacial score (nSPS) is 13.3. The number of aryl methyl sites for hydroxylation is 1. The molecule has 0 bridgehead atoms. The average Bonchev–Trinajstić information content (AvgIpc) is 2.72. The van der Waals surface area contributed by atoms with Crippen LogP contribution in [-0.4, -0.2) is 34.7 Å². The number of anilines is 1. The lowest BCUT2D eigenvalue weighted by molar-refractivity contribution is 0.0693. The molecule has 2 aromatic rings. The molecule has 0 aliphatic carbocycles. The summed E-state index contributed by atoms with van der Waals surface area (Å²) in [6, 6.07) is 9.75. The summed E-state index contributed by atoms with van der Waals surface area (Å²) in [5.41, 5.74) is 1.66. The molecule has 0 atom stereocenters. The van der Waals surface area contributed by atoms with Crippen molar-refractivity contribution in [3.8, 4) is 0 Å². The van der Waals surface area contributed by atoms with Crippen molar-refractivity contribution < 1.29 is 14.4 Å². The van der Waals surface area contributed by atoms with Crippen molar-refractivity contribution in [2.75, 3.05) is 12.4 Å². The van der Waals surface area contributed by atoms with E-state index in [0.717, 1.165) is 10.6 Å². The molecule has 0 spiro atoms. The van der Waals surface area contributed by atoms with E-state index in [1.807, 2.05) is 13.0 Å². The first-order valence-electron chi connectivity index (χ1n) is 6.69. The molecule has 6 nitrogen and oxygen atoms in total. The topological polar surface area (TPSA) is 79.4 Å².